The smallest absolute Gasteiger partial charge is 0.220 e. The average molecular weight is 301 g/mol. The molecule has 1 aliphatic carbocycles. The molecule has 0 unspecified atom stereocenters. The van der Waals surface area contributed by atoms with Crippen LogP contribution in [0.1, 0.15) is 41.8 Å². The van der Waals surface area contributed by atoms with Crippen molar-refractivity contribution in [2.45, 2.75) is 45.1 Å². The summed E-state index contributed by atoms with van der Waals surface area (Å²) in [6.45, 7) is 0.356. The standard InChI is InChI=1S/C17H20FN3O/c18-13-5-3-4-12(10-13)11-19-17(22)9-8-16-14-6-1-2-7-15(14)20-21-16/h3-5,10H,1-2,6-9,11H2,(H,19,22)(H,20,21). The average Bonchev–Trinajstić information content (AvgIpc) is 2.94. The number of carbonyl (C=O) groups is 1. The Morgan fingerprint density at radius 3 is 3.05 bits per heavy atom. The SMILES string of the molecule is O=C(CCc1n[nH]c2c1CCCC2)NCc1cccc(F)c1. The molecule has 0 bridgehead atoms. The van der Waals surface area contributed by atoms with Crippen molar-refractivity contribution in [1.29, 1.82) is 0 Å². The molecule has 2 N–H and O–H groups in total. The molecule has 0 spiro atoms. The second-order valence-electron chi connectivity index (χ2n) is 5.74. The number of aromatic amines is 1. The van der Waals surface area contributed by atoms with Crippen molar-refractivity contribution in [3.05, 3.63) is 52.6 Å². The summed E-state index contributed by atoms with van der Waals surface area (Å²) in [5.41, 5.74) is 4.34. The highest BCUT2D eigenvalue weighted by Gasteiger charge is 2.17. The van der Waals surface area contributed by atoms with Crippen molar-refractivity contribution in [2.75, 3.05) is 0 Å². The number of rotatable bonds is 5. The van der Waals surface area contributed by atoms with Crippen LogP contribution in [0.5, 0.6) is 0 Å². The number of H-pyrrole nitrogens is 1. The number of fused-ring (bicyclic) bond motifs is 1. The van der Waals surface area contributed by atoms with Crippen molar-refractivity contribution < 1.29 is 9.18 Å². The molecule has 1 aromatic carbocycles. The molecule has 1 aromatic heterocycles. The highest BCUT2D eigenvalue weighted by atomic mass is 19.1. The maximum absolute atomic E-state index is 13.1. The fourth-order valence-electron chi connectivity index (χ4n) is 2.92. The maximum Gasteiger partial charge on any atom is 0.220 e. The molecule has 0 saturated heterocycles. The van der Waals surface area contributed by atoms with Gasteiger partial charge in [-0.05, 0) is 48.9 Å². The molecule has 3 rings (SSSR count). The van der Waals surface area contributed by atoms with Crippen LogP contribution in [0, 0.1) is 5.82 Å². The van der Waals surface area contributed by atoms with Crippen LogP contribution in [-0.2, 0) is 30.6 Å². The number of carbonyl (C=O) groups excluding carboxylic acids is 1. The van der Waals surface area contributed by atoms with Gasteiger partial charge in [0, 0.05) is 25.1 Å². The molecule has 0 aliphatic heterocycles. The molecule has 1 amide bonds. The van der Waals surface area contributed by atoms with E-state index < -0.39 is 0 Å². The summed E-state index contributed by atoms with van der Waals surface area (Å²) in [4.78, 5) is 11.9. The summed E-state index contributed by atoms with van der Waals surface area (Å²) in [7, 11) is 0. The lowest BCUT2D eigenvalue weighted by Gasteiger charge is -2.11. The van der Waals surface area contributed by atoms with Gasteiger partial charge in [-0.3, -0.25) is 9.89 Å². The summed E-state index contributed by atoms with van der Waals surface area (Å²) in [6, 6.07) is 6.27. The van der Waals surface area contributed by atoms with Crippen LogP contribution in [0.15, 0.2) is 24.3 Å². The molecule has 0 radical (unpaired) electrons. The van der Waals surface area contributed by atoms with Gasteiger partial charge in [-0.1, -0.05) is 12.1 Å². The van der Waals surface area contributed by atoms with Gasteiger partial charge in [0.05, 0.1) is 5.69 Å². The van der Waals surface area contributed by atoms with E-state index in [1.807, 2.05) is 0 Å². The number of nitrogens with one attached hydrogen (secondary N) is 2. The van der Waals surface area contributed by atoms with Gasteiger partial charge in [0.15, 0.2) is 0 Å². The van der Waals surface area contributed by atoms with Crippen LogP contribution in [0.4, 0.5) is 4.39 Å². The normalized spacial score (nSPS) is 13.7. The molecule has 1 heterocycles. The van der Waals surface area contributed by atoms with Crippen molar-refractivity contribution in [1.82, 2.24) is 15.5 Å². The van der Waals surface area contributed by atoms with Crippen LogP contribution >= 0.6 is 0 Å². The molecule has 5 heteroatoms. The van der Waals surface area contributed by atoms with Gasteiger partial charge >= 0.3 is 0 Å². The van der Waals surface area contributed by atoms with E-state index in [1.54, 1.807) is 12.1 Å². The van der Waals surface area contributed by atoms with E-state index >= 15 is 0 Å². The lowest BCUT2D eigenvalue weighted by Crippen LogP contribution is -2.23. The van der Waals surface area contributed by atoms with Crippen LogP contribution in [-0.4, -0.2) is 16.1 Å². The van der Waals surface area contributed by atoms with Crippen molar-refractivity contribution in [3.8, 4) is 0 Å². The fourth-order valence-corrected chi connectivity index (χ4v) is 2.92. The Balaban J connectivity index is 1.49. The highest BCUT2D eigenvalue weighted by Crippen LogP contribution is 2.22. The van der Waals surface area contributed by atoms with E-state index in [4.69, 9.17) is 0 Å². The predicted molar refractivity (Wildman–Crippen MR) is 81.8 cm³/mol. The van der Waals surface area contributed by atoms with E-state index in [9.17, 15) is 9.18 Å². The minimum absolute atomic E-state index is 0.0307. The first-order valence-corrected chi connectivity index (χ1v) is 7.78. The zero-order valence-electron chi connectivity index (χ0n) is 12.5. The van der Waals surface area contributed by atoms with E-state index in [0.29, 0.717) is 19.4 Å². The number of aromatic nitrogens is 2. The Kier molecular flexibility index (Phi) is 4.51. The number of aryl methyl sites for hydroxylation is 2. The molecule has 1 aliphatic rings. The zero-order chi connectivity index (χ0) is 15.4. The Bertz CT molecular complexity index is 666. The summed E-state index contributed by atoms with van der Waals surface area (Å²) < 4.78 is 13.1. The second kappa shape index (κ2) is 6.73. The Morgan fingerprint density at radius 1 is 1.32 bits per heavy atom. The first-order chi connectivity index (χ1) is 10.7. The monoisotopic (exact) mass is 301 g/mol. The lowest BCUT2D eigenvalue weighted by molar-refractivity contribution is -0.121. The quantitative estimate of drug-likeness (QED) is 0.892. The molecule has 22 heavy (non-hydrogen) atoms. The third-order valence-electron chi connectivity index (χ3n) is 4.11. The molecule has 116 valence electrons. The van der Waals surface area contributed by atoms with E-state index in [2.05, 4.69) is 15.5 Å². The van der Waals surface area contributed by atoms with Crippen molar-refractivity contribution in [2.24, 2.45) is 0 Å². The summed E-state index contributed by atoms with van der Waals surface area (Å²) >= 11 is 0. The van der Waals surface area contributed by atoms with E-state index in [1.165, 1.54) is 36.2 Å². The van der Waals surface area contributed by atoms with E-state index in [-0.39, 0.29) is 11.7 Å². The molecule has 0 fully saturated rings. The molecule has 0 atom stereocenters. The van der Waals surface area contributed by atoms with Crippen LogP contribution < -0.4 is 5.32 Å². The summed E-state index contributed by atoms with van der Waals surface area (Å²) in [5.74, 6) is -0.313. The summed E-state index contributed by atoms with van der Waals surface area (Å²) in [6.07, 6.45) is 5.60. The van der Waals surface area contributed by atoms with Gasteiger partial charge in [-0.15, -0.1) is 0 Å². The molecular weight excluding hydrogens is 281 g/mol. The van der Waals surface area contributed by atoms with Crippen molar-refractivity contribution >= 4 is 5.91 Å². The molecule has 4 nitrogen and oxygen atoms in total. The number of halogens is 1. The van der Waals surface area contributed by atoms with E-state index in [0.717, 1.165) is 24.1 Å². The minimum atomic E-state index is -0.283. The van der Waals surface area contributed by atoms with Gasteiger partial charge in [-0.2, -0.15) is 5.10 Å². The first kappa shape index (κ1) is 14.8. The van der Waals surface area contributed by atoms with Crippen LogP contribution in [0.25, 0.3) is 0 Å². The molecule has 2 aromatic rings. The number of hydrogen-bond acceptors (Lipinski definition) is 2. The second-order valence-corrected chi connectivity index (χ2v) is 5.74. The van der Waals surface area contributed by atoms with Crippen LogP contribution in [0.2, 0.25) is 0 Å². The molecular formula is C17H20FN3O. The first-order valence-electron chi connectivity index (χ1n) is 7.78. The number of benzene rings is 1. The fraction of sp³-hybridized carbons (Fsp3) is 0.412. The molecule has 0 saturated carbocycles. The predicted octanol–water partition coefficient (Wildman–Crippen LogP) is 2.68. The van der Waals surface area contributed by atoms with Crippen molar-refractivity contribution in [3.63, 3.8) is 0 Å². The maximum atomic E-state index is 13.1. The zero-order valence-corrected chi connectivity index (χ0v) is 12.5. The van der Waals surface area contributed by atoms with Gasteiger partial charge in [-0.25, -0.2) is 4.39 Å². The Hall–Kier alpha value is -2.17. The third-order valence-corrected chi connectivity index (χ3v) is 4.11. The van der Waals surface area contributed by atoms with Gasteiger partial charge < -0.3 is 5.32 Å². The van der Waals surface area contributed by atoms with Gasteiger partial charge in [0.25, 0.3) is 0 Å². The van der Waals surface area contributed by atoms with Crippen LogP contribution in [0.3, 0.4) is 0 Å². The third kappa shape index (κ3) is 3.53. The van der Waals surface area contributed by atoms with Gasteiger partial charge in [0.2, 0.25) is 5.91 Å². The summed E-state index contributed by atoms with van der Waals surface area (Å²) in [5, 5.41) is 10.3. The Morgan fingerprint density at radius 2 is 2.18 bits per heavy atom. The highest BCUT2D eigenvalue weighted by molar-refractivity contribution is 5.76. The number of nitrogens with zero attached hydrogens (tertiary/aromatic N) is 1. The Labute approximate surface area is 129 Å². The lowest BCUT2D eigenvalue weighted by atomic mass is 9.94. The van der Waals surface area contributed by atoms with Gasteiger partial charge in [0.1, 0.15) is 5.82 Å². The topological polar surface area (TPSA) is 57.8 Å². The minimum Gasteiger partial charge on any atom is -0.352 e. The largest absolute Gasteiger partial charge is 0.352 e. The number of amides is 1. The number of hydrogen-bond donors (Lipinski definition) is 2.